The molecule has 1 nitrogen and oxygen atoms in total. The summed E-state index contributed by atoms with van der Waals surface area (Å²) in [5.74, 6) is 1.11. The Morgan fingerprint density at radius 3 is 2.06 bits per heavy atom. The molecule has 1 rings (SSSR count). The molecule has 0 saturated carbocycles. The van der Waals surface area contributed by atoms with Gasteiger partial charge in [0.2, 0.25) is 0 Å². The molecule has 0 aliphatic carbocycles. The third-order valence-electron chi connectivity index (χ3n) is 2.78. The molecular formula is C15H25NS. The molecular weight excluding hydrogens is 226 g/mol. The number of rotatable bonds is 9. The van der Waals surface area contributed by atoms with Crippen molar-refractivity contribution < 1.29 is 0 Å². The maximum absolute atomic E-state index is 2.54. The molecule has 1 aromatic carbocycles. The van der Waals surface area contributed by atoms with Crippen LogP contribution in [0.25, 0.3) is 0 Å². The van der Waals surface area contributed by atoms with Gasteiger partial charge in [-0.2, -0.15) is 0 Å². The van der Waals surface area contributed by atoms with E-state index in [2.05, 4.69) is 48.5 Å². The third kappa shape index (κ3) is 6.75. The van der Waals surface area contributed by atoms with Gasteiger partial charge >= 0.3 is 0 Å². The van der Waals surface area contributed by atoms with Crippen molar-refractivity contribution in [3.05, 3.63) is 35.9 Å². The summed E-state index contributed by atoms with van der Waals surface area (Å²) in [6.45, 7) is 6.99. The highest BCUT2D eigenvalue weighted by Crippen LogP contribution is 2.18. The highest BCUT2D eigenvalue weighted by atomic mass is 32.2. The predicted molar refractivity (Wildman–Crippen MR) is 79.1 cm³/mol. The van der Waals surface area contributed by atoms with Gasteiger partial charge in [-0.15, -0.1) is 0 Å². The molecule has 0 N–H and O–H groups in total. The van der Waals surface area contributed by atoms with Gasteiger partial charge in [0.05, 0.1) is 0 Å². The van der Waals surface area contributed by atoms with Crippen molar-refractivity contribution in [2.24, 2.45) is 0 Å². The van der Waals surface area contributed by atoms with Crippen LogP contribution in [0.15, 0.2) is 30.3 Å². The molecule has 0 bridgehead atoms. The fourth-order valence-electron chi connectivity index (χ4n) is 1.65. The van der Waals surface area contributed by atoms with Crippen LogP contribution in [0.4, 0.5) is 0 Å². The lowest BCUT2D eigenvalue weighted by Crippen LogP contribution is -2.18. The predicted octanol–water partition coefficient (Wildman–Crippen LogP) is 4.74. The highest BCUT2D eigenvalue weighted by Gasteiger charge is 2.04. The molecule has 0 aliphatic rings. The second-order valence-electron chi connectivity index (χ2n) is 4.40. The fourth-order valence-corrected chi connectivity index (χ4v) is 2.69. The standard InChI is InChI=1S/C15H25NS/c1-3-5-12-16(13-6-4-2)17-14-15-10-8-7-9-11-15/h7-11H,3-6,12-14H2,1-2H3. The molecule has 0 amide bonds. The Hall–Kier alpha value is -0.470. The molecule has 2 heteroatoms. The molecule has 0 fully saturated rings. The maximum atomic E-state index is 2.54. The SMILES string of the molecule is CCCCN(CCCC)SCc1ccccc1. The lowest BCUT2D eigenvalue weighted by molar-refractivity contribution is 0.444. The van der Waals surface area contributed by atoms with Crippen LogP contribution in [0.3, 0.4) is 0 Å². The van der Waals surface area contributed by atoms with Gasteiger partial charge in [-0.3, -0.25) is 4.31 Å². The summed E-state index contributed by atoms with van der Waals surface area (Å²) in [6.07, 6.45) is 5.19. The number of benzene rings is 1. The number of nitrogens with zero attached hydrogens (tertiary/aromatic N) is 1. The first-order valence-electron chi connectivity index (χ1n) is 6.78. The Labute approximate surface area is 111 Å². The lowest BCUT2D eigenvalue weighted by Gasteiger charge is -2.20. The fraction of sp³-hybridized carbons (Fsp3) is 0.600. The molecule has 0 radical (unpaired) electrons. The first kappa shape index (κ1) is 14.6. The monoisotopic (exact) mass is 251 g/mol. The average molecular weight is 251 g/mol. The van der Waals surface area contributed by atoms with Crippen molar-refractivity contribution in [3.63, 3.8) is 0 Å². The minimum Gasteiger partial charge on any atom is -0.250 e. The molecule has 1 aromatic rings. The summed E-state index contributed by atoms with van der Waals surface area (Å²) in [7, 11) is 0. The quantitative estimate of drug-likeness (QED) is 0.583. The molecule has 0 heterocycles. The summed E-state index contributed by atoms with van der Waals surface area (Å²) in [4.78, 5) is 0. The largest absolute Gasteiger partial charge is 0.250 e. The smallest absolute Gasteiger partial charge is 0.0332 e. The molecule has 0 saturated heterocycles. The zero-order valence-corrected chi connectivity index (χ0v) is 12.0. The van der Waals surface area contributed by atoms with Crippen LogP contribution in [0.2, 0.25) is 0 Å². The summed E-state index contributed by atoms with van der Waals surface area (Å²) < 4.78 is 2.54. The minimum absolute atomic E-state index is 1.11. The van der Waals surface area contributed by atoms with Crippen molar-refractivity contribution in [2.75, 3.05) is 13.1 Å². The van der Waals surface area contributed by atoms with Gasteiger partial charge in [-0.05, 0) is 18.4 Å². The second kappa shape index (κ2) is 9.55. The lowest BCUT2D eigenvalue weighted by atomic mass is 10.2. The topological polar surface area (TPSA) is 3.24 Å². The van der Waals surface area contributed by atoms with Crippen LogP contribution in [0, 0.1) is 0 Å². The van der Waals surface area contributed by atoms with E-state index in [-0.39, 0.29) is 0 Å². The number of hydrogen-bond acceptors (Lipinski definition) is 2. The van der Waals surface area contributed by atoms with E-state index in [1.807, 2.05) is 11.9 Å². The van der Waals surface area contributed by atoms with Crippen molar-refractivity contribution in [1.29, 1.82) is 0 Å². The van der Waals surface area contributed by atoms with Gasteiger partial charge in [-0.1, -0.05) is 69.0 Å². The minimum atomic E-state index is 1.11. The van der Waals surface area contributed by atoms with Crippen molar-refractivity contribution in [2.45, 2.75) is 45.3 Å². The Balaban J connectivity index is 2.31. The van der Waals surface area contributed by atoms with Gasteiger partial charge in [0.15, 0.2) is 0 Å². The first-order valence-corrected chi connectivity index (χ1v) is 7.72. The van der Waals surface area contributed by atoms with E-state index in [0.717, 1.165) is 5.75 Å². The molecule has 0 spiro atoms. The Bertz CT molecular complexity index is 266. The van der Waals surface area contributed by atoms with Gasteiger partial charge in [0.1, 0.15) is 0 Å². The van der Waals surface area contributed by atoms with Crippen molar-refractivity contribution in [3.8, 4) is 0 Å². The molecule has 0 unspecified atom stereocenters. The van der Waals surface area contributed by atoms with Crippen LogP contribution in [0.1, 0.15) is 45.1 Å². The van der Waals surface area contributed by atoms with E-state index >= 15 is 0 Å². The Morgan fingerprint density at radius 1 is 0.941 bits per heavy atom. The van der Waals surface area contributed by atoms with E-state index < -0.39 is 0 Å². The van der Waals surface area contributed by atoms with E-state index in [1.54, 1.807) is 0 Å². The van der Waals surface area contributed by atoms with Gasteiger partial charge in [0.25, 0.3) is 0 Å². The Morgan fingerprint density at radius 2 is 1.53 bits per heavy atom. The second-order valence-corrected chi connectivity index (χ2v) is 5.46. The van der Waals surface area contributed by atoms with Gasteiger partial charge < -0.3 is 0 Å². The highest BCUT2D eigenvalue weighted by molar-refractivity contribution is 7.96. The first-order chi connectivity index (χ1) is 8.36. The van der Waals surface area contributed by atoms with Gasteiger partial charge in [-0.25, -0.2) is 0 Å². The van der Waals surface area contributed by atoms with E-state index in [0.29, 0.717) is 0 Å². The van der Waals surface area contributed by atoms with Gasteiger partial charge in [0, 0.05) is 18.8 Å². The van der Waals surface area contributed by atoms with Crippen LogP contribution < -0.4 is 0 Å². The molecule has 96 valence electrons. The zero-order valence-electron chi connectivity index (χ0n) is 11.2. The average Bonchev–Trinajstić information content (AvgIpc) is 2.39. The van der Waals surface area contributed by atoms with Crippen LogP contribution >= 0.6 is 11.9 Å². The summed E-state index contributed by atoms with van der Waals surface area (Å²) >= 11 is 1.99. The number of hydrogen-bond donors (Lipinski definition) is 0. The van der Waals surface area contributed by atoms with E-state index in [4.69, 9.17) is 0 Å². The van der Waals surface area contributed by atoms with Crippen molar-refractivity contribution >= 4 is 11.9 Å². The molecule has 17 heavy (non-hydrogen) atoms. The summed E-state index contributed by atoms with van der Waals surface area (Å²) in [5.41, 5.74) is 1.43. The number of unbranched alkanes of at least 4 members (excludes halogenated alkanes) is 2. The molecule has 0 atom stereocenters. The van der Waals surface area contributed by atoms with Crippen LogP contribution in [-0.4, -0.2) is 17.4 Å². The summed E-state index contributed by atoms with van der Waals surface area (Å²) in [5, 5.41) is 0. The van der Waals surface area contributed by atoms with E-state index in [1.165, 1.54) is 44.3 Å². The van der Waals surface area contributed by atoms with E-state index in [9.17, 15) is 0 Å². The maximum Gasteiger partial charge on any atom is 0.0332 e. The zero-order chi connectivity index (χ0) is 12.3. The summed E-state index contributed by atoms with van der Waals surface area (Å²) in [6, 6.07) is 10.8. The molecule has 0 aliphatic heterocycles. The normalized spacial score (nSPS) is 11.0. The van der Waals surface area contributed by atoms with Crippen LogP contribution in [0.5, 0.6) is 0 Å². The molecule has 0 aromatic heterocycles. The third-order valence-corrected chi connectivity index (χ3v) is 3.97. The van der Waals surface area contributed by atoms with Crippen molar-refractivity contribution in [1.82, 2.24) is 4.31 Å². The van der Waals surface area contributed by atoms with Crippen LogP contribution in [-0.2, 0) is 5.75 Å². The Kier molecular flexibility index (Phi) is 8.20.